The Morgan fingerprint density at radius 3 is 1.94 bits per heavy atom. The van der Waals surface area contributed by atoms with Crippen LogP contribution in [0.4, 0.5) is 0 Å². The minimum absolute atomic E-state index is 0.210. The molecule has 0 amide bonds. The molecule has 18 heavy (non-hydrogen) atoms. The smallest absolute Gasteiger partial charge is 0.168 e. The molecule has 3 aliphatic rings. The third-order valence-electron chi connectivity index (χ3n) is 5.70. The molecule has 2 saturated carbocycles. The van der Waals surface area contributed by atoms with E-state index >= 15 is 0 Å². The van der Waals surface area contributed by atoms with Crippen LogP contribution in [0.15, 0.2) is 0 Å². The highest BCUT2D eigenvalue weighted by atomic mass is 16.7. The van der Waals surface area contributed by atoms with Gasteiger partial charge in [-0.2, -0.15) is 0 Å². The van der Waals surface area contributed by atoms with Gasteiger partial charge >= 0.3 is 0 Å². The lowest BCUT2D eigenvalue weighted by Gasteiger charge is -2.51. The second-order valence-electron chi connectivity index (χ2n) is 6.59. The maximum atomic E-state index is 5.88. The highest BCUT2D eigenvalue weighted by Gasteiger charge is 2.50. The first-order chi connectivity index (χ1) is 8.67. The molecule has 1 heterocycles. The zero-order valence-electron chi connectivity index (χ0n) is 11.9. The third-order valence-corrected chi connectivity index (χ3v) is 5.70. The first-order valence-corrected chi connectivity index (χ1v) is 7.62. The van der Waals surface area contributed by atoms with Crippen molar-refractivity contribution in [3.63, 3.8) is 0 Å². The quantitative estimate of drug-likeness (QED) is 0.755. The van der Waals surface area contributed by atoms with Crippen molar-refractivity contribution in [1.29, 1.82) is 0 Å². The number of hydrogen-bond donors (Lipinski definition) is 0. The van der Waals surface area contributed by atoms with Crippen molar-refractivity contribution in [3.8, 4) is 0 Å². The molecule has 0 aromatic carbocycles. The first-order valence-electron chi connectivity index (χ1n) is 7.62. The lowest BCUT2D eigenvalue weighted by atomic mass is 9.69. The molecular formula is C15H27NO2. The predicted octanol–water partition coefficient (Wildman–Crippen LogP) is 2.79. The fraction of sp³-hybridized carbons (Fsp3) is 1.00. The lowest BCUT2D eigenvalue weighted by molar-refractivity contribution is -0.197. The Bertz CT molecular complexity index is 281. The summed E-state index contributed by atoms with van der Waals surface area (Å²) in [6, 6.07) is 0. The van der Waals surface area contributed by atoms with Crippen LogP contribution in [0.25, 0.3) is 0 Å². The molecular weight excluding hydrogens is 226 g/mol. The van der Waals surface area contributed by atoms with Gasteiger partial charge in [-0.3, -0.25) is 0 Å². The Kier molecular flexibility index (Phi) is 3.41. The van der Waals surface area contributed by atoms with E-state index in [-0.39, 0.29) is 5.79 Å². The number of ether oxygens (including phenoxy) is 2. The predicted molar refractivity (Wildman–Crippen MR) is 71.5 cm³/mol. The van der Waals surface area contributed by atoms with E-state index in [2.05, 4.69) is 19.0 Å². The number of nitrogens with zero attached hydrogens (tertiary/aromatic N) is 1. The van der Waals surface area contributed by atoms with E-state index in [0.29, 0.717) is 5.54 Å². The summed E-state index contributed by atoms with van der Waals surface area (Å²) in [5.41, 5.74) is 0.414. The zero-order valence-corrected chi connectivity index (χ0v) is 11.9. The van der Waals surface area contributed by atoms with Crippen molar-refractivity contribution in [2.45, 2.75) is 62.7 Å². The number of hydrogen-bond acceptors (Lipinski definition) is 3. The topological polar surface area (TPSA) is 21.7 Å². The van der Waals surface area contributed by atoms with Crippen LogP contribution in [-0.2, 0) is 9.47 Å². The fourth-order valence-corrected chi connectivity index (χ4v) is 4.53. The van der Waals surface area contributed by atoms with Gasteiger partial charge in [-0.1, -0.05) is 12.8 Å². The van der Waals surface area contributed by atoms with E-state index < -0.39 is 0 Å². The van der Waals surface area contributed by atoms with Crippen LogP contribution in [0.3, 0.4) is 0 Å². The third kappa shape index (κ3) is 2.00. The van der Waals surface area contributed by atoms with Crippen molar-refractivity contribution in [2.24, 2.45) is 5.92 Å². The molecule has 0 aromatic rings. The summed E-state index contributed by atoms with van der Waals surface area (Å²) in [5, 5.41) is 0. The molecule has 1 aliphatic heterocycles. The summed E-state index contributed by atoms with van der Waals surface area (Å²) < 4.78 is 11.8. The van der Waals surface area contributed by atoms with Crippen LogP contribution < -0.4 is 0 Å². The second-order valence-corrected chi connectivity index (χ2v) is 6.59. The molecule has 0 unspecified atom stereocenters. The van der Waals surface area contributed by atoms with Crippen molar-refractivity contribution < 1.29 is 9.47 Å². The molecule has 0 bridgehead atoms. The summed E-state index contributed by atoms with van der Waals surface area (Å²) in [6.45, 7) is 1.58. The molecule has 0 aromatic heterocycles. The molecule has 3 nitrogen and oxygen atoms in total. The van der Waals surface area contributed by atoms with Gasteiger partial charge in [-0.15, -0.1) is 0 Å². The molecule has 3 rings (SSSR count). The standard InChI is InChI=1S/C15H27NO2/c1-16(2)14(13-5-3-4-6-13)7-9-15(10-8-14)17-11-12-18-15/h13H,3-12H2,1-2H3. The van der Waals surface area contributed by atoms with Gasteiger partial charge in [0.1, 0.15) is 0 Å². The molecule has 0 radical (unpaired) electrons. The van der Waals surface area contributed by atoms with Gasteiger partial charge < -0.3 is 14.4 Å². The molecule has 1 spiro atoms. The first kappa shape index (κ1) is 12.9. The van der Waals surface area contributed by atoms with Crippen LogP contribution in [-0.4, -0.2) is 43.5 Å². The fourth-order valence-electron chi connectivity index (χ4n) is 4.53. The van der Waals surface area contributed by atoms with Gasteiger partial charge in [0.05, 0.1) is 13.2 Å². The zero-order chi connectivity index (χ0) is 12.6. The highest BCUT2D eigenvalue weighted by Crippen LogP contribution is 2.49. The van der Waals surface area contributed by atoms with E-state index in [1.165, 1.54) is 38.5 Å². The van der Waals surface area contributed by atoms with E-state index in [1.54, 1.807) is 0 Å². The molecule has 3 fully saturated rings. The Morgan fingerprint density at radius 1 is 0.889 bits per heavy atom. The van der Waals surface area contributed by atoms with Crippen molar-refractivity contribution in [3.05, 3.63) is 0 Å². The van der Waals surface area contributed by atoms with Gasteiger partial charge in [-0.25, -0.2) is 0 Å². The van der Waals surface area contributed by atoms with Gasteiger partial charge in [-0.05, 0) is 45.7 Å². The maximum Gasteiger partial charge on any atom is 0.168 e. The number of rotatable bonds is 2. The van der Waals surface area contributed by atoms with Crippen LogP contribution in [0.1, 0.15) is 51.4 Å². The maximum absolute atomic E-state index is 5.88. The van der Waals surface area contributed by atoms with E-state index in [1.807, 2.05) is 0 Å². The second kappa shape index (κ2) is 4.77. The van der Waals surface area contributed by atoms with Crippen molar-refractivity contribution in [1.82, 2.24) is 4.90 Å². The van der Waals surface area contributed by atoms with Gasteiger partial charge in [0.25, 0.3) is 0 Å². The summed E-state index contributed by atoms with van der Waals surface area (Å²) in [7, 11) is 4.54. The van der Waals surface area contributed by atoms with Crippen molar-refractivity contribution >= 4 is 0 Å². The lowest BCUT2D eigenvalue weighted by Crippen LogP contribution is -2.55. The van der Waals surface area contributed by atoms with Crippen LogP contribution in [0.5, 0.6) is 0 Å². The molecule has 0 N–H and O–H groups in total. The van der Waals surface area contributed by atoms with Gasteiger partial charge in [0.15, 0.2) is 5.79 Å². The molecule has 104 valence electrons. The average molecular weight is 253 g/mol. The van der Waals surface area contributed by atoms with Crippen LogP contribution in [0, 0.1) is 5.92 Å². The summed E-state index contributed by atoms with van der Waals surface area (Å²) in [6.07, 6.45) is 10.4. The van der Waals surface area contributed by atoms with E-state index in [9.17, 15) is 0 Å². The average Bonchev–Trinajstić information content (AvgIpc) is 3.02. The van der Waals surface area contributed by atoms with Crippen molar-refractivity contribution in [2.75, 3.05) is 27.3 Å². The molecule has 0 atom stereocenters. The normalized spacial score (nSPS) is 31.5. The Balaban J connectivity index is 1.73. The Labute approximate surface area is 111 Å². The summed E-state index contributed by atoms with van der Waals surface area (Å²) in [4.78, 5) is 2.50. The van der Waals surface area contributed by atoms with Crippen LogP contribution >= 0.6 is 0 Å². The Hall–Kier alpha value is -0.120. The van der Waals surface area contributed by atoms with E-state index in [0.717, 1.165) is 32.0 Å². The monoisotopic (exact) mass is 253 g/mol. The highest BCUT2D eigenvalue weighted by molar-refractivity contribution is 5.02. The van der Waals surface area contributed by atoms with E-state index in [4.69, 9.17) is 9.47 Å². The minimum Gasteiger partial charge on any atom is -0.348 e. The SMILES string of the molecule is CN(C)C1(C2CCCC2)CCC2(CC1)OCCO2. The Morgan fingerprint density at radius 2 is 1.44 bits per heavy atom. The largest absolute Gasteiger partial charge is 0.348 e. The minimum atomic E-state index is -0.210. The summed E-state index contributed by atoms with van der Waals surface area (Å²) in [5.74, 6) is 0.684. The van der Waals surface area contributed by atoms with Crippen LogP contribution in [0.2, 0.25) is 0 Å². The molecule has 3 heteroatoms. The molecule has 1 saturated heterocycles. The van der Waals surface area contributed by atoms with Gasteiger partial charge in [0, 0.05) is 18.4 Å². The van der Waals surface area contributed by atoms with Gasteiger partial charge in [0.2, 0.25) is 0 Å². The summed E-state index contributed by atoms with van der Waals surface area (Å²) >= 11 is 0. The molecule has 2 aliphatic carbocycles.